The van der Waals surface area contributed by atoms with E-state index in [1.165, 1.54) is 0 Å². The largest absolute Gasteiger partial charge is 0.481 e. The Balaban J connectivity index is 2.38. The van der Waals surface area contributed by atoms with Gasteiger partial charge in [0.1, 0.15) is 0 Å². The molecule has 0 saturated heterocycles. The van der Waals surface area contributed by atoms with Crippen molar-refractivity contribution in [2.75, 3.05) is 0 Å². The molecule has 0 heterocycles. The molecular formula is C12H15NO3. The Hall–Kier alpha value is -1.84. The zero-order chi connectivity index (χ0) is 12.0. The fraction of sp³-hybridized carbons (Fsp3) is 0.333. The second-order valence-corrected chi connectivity index (χ2v) is 3.70. The molecule has 4 heteroatoms. The third-order valence-electron chi connectivity index (χ3n) is 2.24. The molecule has 1 aromatic rings. The van der Waals surface area contributed by atoms with E-state index < -0.39 is 11.9 Å². The predicted octanol–water partition coefficient (Wildman–Crippen LogP) is 1.41. The van der Waals surface area contributed by atoms with E-state index in [0.717, 1.165) is 5.56 Å². The van der Waals surface area contributed by atoms with Gasteiger partial charge in [-0.1, -0.05) is 37.3 Å². The maximum Gasteiger partial charge on any atom is 0.304 e. The summed E-state index contributed by atoms with van der Waals surface area (Å²) in [6.07, 6.45) is -0.138. The van der Waals surface area contributed by atoms with Crippen molar-refractivity contribution in [3.8, 4) is 0 Å². The summed E-state index contributed by atoms with van der Waals surface area (Å²) in [6, 6.07) is 9.49. The van der Waals surface area contributed by atoms with Crippen molar-refractivity contribution in [3.05, 3.63) is 35.9 Å². The summed E-state index contributed by atoms with van der Waals surface area (Å²) in [5.74, 6) is -1.69. The summed E-state index contributed by atoms with van der Waals surface area (Å²) >= 11 is 0. The lowest BCUT2D eigenvalue weighted by molar-refractivity contribution is -0.140. The number of carboxylic acid groups (broad SMARTS) is 1. The highest BCUT2D eigenvalue weighted by molar-refractivity contribution is 5.82. The molecule has 0 aliphatic heterocycles. The SMILES string of the molecule is CC(CC(=O)O)C(=O)NCc1ccccc1. The number of aliphatic carboxylic acids is 1. The maximum atomic E-state index is 11.5. The Morgan fingerprint density at radius 1 is 1.31 bits per heavy atom. The van der Waals surface area contributed by atoms with Crippen LogP contribution >= 0.6 is 0 Å². The Bertz CT molecular complexity index is 362. The van der Waals surface area contributed by atoms with E-state index in [0.29, 0.717) is 6.54 Å². The average Bonchev–Trinajstić information content (AvgIpc) is 2.26. The molecule has 1 rings (SSSR count). The number of nitrogens with one attached hydrogen (secondary N) is 1. The minimum atomic E-state index is -0.956. The van der Waals surface area contributed by atoms with Crippen LogP contribution < -0.4 is 5.32 Å². The first-order valence-electron chi connectivity index (χ1n) is 5.13. The van der Waals surface area contributed by atoms with E-state index in [2.05, 4.69) is 5.32 Å². The third kappa shape index (κ3) is 4.13. The molecule has 1 amide bonds. The van der Waals surface area contributed by atoms with Gasteiger partial charge in [0.25, 0.3) is 0 Å². The molecule has 86 valence electrons. The van der Waals surface area contributed by atoms with Gasteiger partial charge in [-0.05, 0) is 5.56 Å². The first-order valence-corrected chi connectivity index (χ1v) is 5.13. The van der Waals surface area contributed by atoms with Crippen LogP contribution in [0.15, 0.2) is 30.3 Å². The van der Waals surface area contributed by atoms with E-state index in [1.807, 2.05) is 30.3 Å². The van der Waals surface area contributed by atoms with Crippen LogP contribution in [0.5, 0.6) is 0 Å². The standard InChI is InChI=1S/C12H15NO3/c1-9(7-11(14)15)12(16)13-8-10-5-3-2-4-6-10/h2-6,9H,7-8H2,1H3,(H,13,16)(H,14,15). The topological polar surface area (TPSA) is 66.4 Å². The molecular weight excluding hydrogens is 206 g/mol. The second kappa shape index (κ2) is 5.90. The molecule has 0 aromatic heterocycles. The van der Waals surface area contributed by atoms with Crippen molar-refractivity contribution in [3.63, 3.8) is 0 Å². The molecule has 0 spiro atoms. The van der Waals surface area contributed by atoms with Crippen LogP contribution in [0.1, 0.15) is 18.9 Å². The van der Waals surface area contributed by atoms with Crippen LogP contribution in [0.2, 0.25) is 0 Å². The molecule has 0 fully saturated rings. The molecule has 2 N–H and O–H groups in total. The summed E-state index contributed by atoms with van der Waals surface area (Å²) in [4.78, 5) is 21.9. The molecule has 1 unspecified atom stereocenters. The van der Waals surface area contributed by atoms with Gasteiger partial charge in [0, 0.05) is 12.5 Å². The van der Waals surface area contributed by atoms with Crippen LogP contribution in [0.4, 0.5) is 0 Å². The lowest BCUT2D eigenvalue weighted by Gasteiger charge is -2.09. The highest BCUT2D eigenvalue weighted by atomic mass is 16.4. The third-order valence-corrected chi connectivity index (χ3v) is 2.24. The van der Waals surface area contributed by atoms with Crippen molar-refractivity contribution in [1.82, 2.24) is 5.32 Å². The lowest BCUT2D eigenvalue weighted by Crippen LogP contribution is -2.29. The number of carbonyl (C=O) groups is 2. The Morgan fingerprint density at radius 2 is 1.94 bits per heavy atom. The average molecular weight is 221 g/mol. The lowest BCUT2D eigenvalue weighted by atomic mass is 10.1. The molecule has 1 atom stereocenters. The monoisotopic (exact) mass is 221 g/mol. The van der Waals surface area contributed by atoms with Crippen LogP contribution in [-0.2, 0) is 16.1 Å². The number of benzene rings is 1. The molecule has 16 heavy (non-hydrogen) atoms. The summed E-state index contributed by atoms with van der Waals surface area (Å²) in [7, 11) is 0. The summed E-state index contributed by atoms with van der Waals surface area (Å²) < 4.78 is 0. The van der Waals surface area contributed by atoms with Crippen LogP contribution in [0.3, 0.4) is 0 Å². The quantitative estimate of drug-likeness (QED) is 0.790. The van der Waals surface area contributed by atoms with Crippen LogP contribution in [0, 0.1) is 5.92 Å². The van der Waals surface area contributed by atoms with Gasteiger partial charge < -0.3 is 10.4 Å². The maximum absolute atomic E-state index is 11.5. The smallest absolute Gasteiger partial charge is 0.304 e. The number of rotatable bonds is 5. The van der Waals surface area contributed by atoms with Crippen molar-refractivity contribution < 1.29 is 14.7 Å². The van der Waals surface area contributed by atoms with Gasteiger partial charge in [0.2, 0.25) is 5.91 Å². The van der Waals surface area contributed by atoms with E-state index in [1.54, 1.807) is 6.92 Å². The van der Waals surface area contributed by atoms with Crippen molar-refractivity contribution in [2.45, 2.75) is 19.9 Å². The molecule has 0 radical (unpaired) electrons. The fourth-order valence-electron chi connectivity index (χ4n) is 1.31. The van der Waals surface area contributed by atoms with Gasteiger partial charge in [-0.25, -0.2) is 0 Å². The van der Waals surface area contributed by atoms with Gasteiger partial charge in [-0.15, -0.1) is 0 Å². The zero-order valence-corrected chi connectivity index (χ0v) is 9.14. The number of hydrogen-bond donors (Lipinski definition) is 2. The molecule has 0 aliphatic carbocycles. The minimum Gasteiger partial charge on any atom is -0.481 e. The van der Waals surface area contributed by atoms with Crippen molar-refractivity contribution in [2.24, 2.45) is 5.92 Å². The Morgan fingerprint density at radius 3 is 2.50 bits per heavy atom. The van der Waals surface area contributed by atoms with Crippen LogP contribution in [0.25, 0.3) is 0 Å². The van der Waals surface area contributed by atoms with E-state index >= 15 is 0 Å². The normalized spacial score (nSPS) is 11.8. The number of carbonyl (C=O) groups excluding carboxylic acids is 1. The fourth-order valence-corrected chi connectivity index (χ4v) is 1.31. The first-order chi connectivity index (χ1) is 7.59. The highest BCUT2D eigenvalue weighted by Gasteiger charge is 2.15. The molecule has 4 nitrogen and oxygen atoms in total. The predicted molar refractivity (Wildman–Crippen MR) is 59.7 cm³/mol. The van der Waals surface area contributed by atoms with E-state index in [4.69, 9.17) is 5.11 Å². The van der Waals surface area contributed by atoms with Gasteiger partial charge in [0.15, 0.2) is 0 Å². The van der Waals surface area contributed by atoms with Crippen molar-refractivity contribution in [1.29, 1.82) is 0 Å². The first kappa shape index (κ1) is 12.2. The highest BCUT2D eigenvalue weighted by Crippen LogP contribution is 2.03. The summed E-state index contributed by atoms with van der Waals surface area (Å²) in [6.45, 7) is 2.04. The summed E-state index contributed by atoms with van der Waals surface area (Å²) in [5.41, 5.74) is 0.998. The zero-order valence-electron chi connectivity index (χ0n) is 9.14. The van der Waals surface area contributed by atoms with Gasteiger partial charge >= 0.3 is 5.97 Å². The van der Waals surface area contributed by atoms with Gasteiger partial charge in [0.05, 0.1) is 6.42 Å². The number of carboxylic acids is 1. The second-order valence-electron chi connectivity index (χ2n) is 3.70. The number of amides is 1. The van der Waals surface area contributed by atoms with Crippen LogP contribution in [-0.4, -0.2) is 17.0 Å². The molecule has 0 bridgehead atoms. The Labute approximate surface area is 94.3 Å². The van der Waals surface area contributed by atoms with Crippen molar-refractivity contribution >= 4 is 11.9 Å². The summed E-state index contributed by atoms with van der Waals surface area (Å²) in [5, 5.41) is 11.2. The molecule has 0 saturated carbocycles. The van der Waals surface area contributed by atoms with Gasteiger partial charge in [-0.3, -0.25) is 9.59 Å². The van der Waals surface area contributed by atoms with E-state index in [9.17, 15) is 9.59 Å². The van der Waals surface area contributed by atoms with Gasteiger partial charge in [-0.2, -0.15) is 0 Å². The molecule has 0 aliphatic rings. The molecule has 1 aromatic carbocycles. The minimum absolute atomic E-state index is 0.138. The number of hydrogen-bond acceptors (Lipinski definition) is 2. The van der Waals surface area contributed by atoms with E-state index in [-0.39, 0.29) is 12.3 Å². The Kier molecular flexibility index (Phi) is 4.51.